The molecule has 20 heavy (non-hydrogen) atoms. The molecule has 0 radical (unpaired) electrons. The van der Waals surface area contributed by atoms with Gasteiger partial charge in [-0.1, -0.05) is 55.4 Å². The van der Waals surface area contributed by atoms with Gasteiger partial charge in [0, 0.05) is 0 Å². The van der Waals surface area contributed by atoms with Crippen molar-refractivity contribution in [3.63, 3.8) is 0 Å². The van der Waals surface area contributed by atoms with Crippen LogP contribution in [0.4, 0.5) is 0 Å². The summed E-state index contributed by atoms with van der Waals surface area (Å²) in [6.07, 6.45) is 3.96. The highest BCUT2D eigenvalue weighted by Gasteiger charge is 2.28. The smallest absolute Gasteiger partial charge is 0.306 e. The van der Waals surface area contributed by atoms with Crippen molar-refractivity contribution in [2.45, 2.75) is 81.1 Å². The summed E-state index contributed by atoms with van der Waals surface area (Å²) in [7, 11) is 0. The third-order valence-corrected chi connectivity index (χ3v) is 3.87. The van der Waals surface area contributed by atoms with Crippen LogP contribution in [0.15, 0.2) is 0 Å². The third-order valence-electron chi connectivity index (χ3n) is 3.87. The van der Waals surface area contributed by atoms with E-state index < -0.39 is 5.97 Å². The van der Waals surface area contributed by atoms with E-state index in [1.54, 1.807) is 0 Å². The van der Waals surface area contributed by atoms with Crippen molar-refractivity contribution >= 4 is 5.97 Å². The van der Waals surface area contributed by atoms with Crippen LogP contribution in [-0.4, -0.2) is 11.1 Å². The molecule has 0 bridgehead atoms. The van der Waals surface area contributed by atoms with E-state index in [0.29, 0.717) is 11.3 Å². The molecule has 0 heterocycles. The topological polar surface area (TPSA) is 37.3 Å². The summed E-state index contributed by atoms with van der Waals surface area (Å²) in [5, 5.41) is 9.49. The Morgan fingerprint density at radius 2 is 1.35 bits per heavy atom. The van der Waals surface area contributed by atoms with Gasteiger partial charge in [0.2, 0.25) is 0 Å². The molecular formula is C18H36O2. The lowest BCUT2D eigenvalue weighted by Crippen LogP contribution is -2.26. The first-order valence-electron chi connectivity index (χ1n) is 8.04. The molecule has 2 nitrogen and oxygen atoms in total. The summed E-state index contributed by atoms with van der Waals surface area (Å²) in [6.45, 7) is 17.7. The van der Waals surface area contributed by atoms with E-state index in [1.165, 1.54) is 0 Å². The quantitative estimate of drug-likeness (QED) is 0.659. The van der Waals surface area contributed by atoms with E-state index in [9.17, 15) is 9.90 Å². The normalized spacial score (nSPS) is 17.6. The summed E-state index contributed by atoms with van der Waals surface area (Å²) < 4.78 is 0. The number of aliphatic carboxylic acids is 1. The molecule has 0 aliphatic rings. The second kappa shape index (κ2) is 7.47. The van der Waals surface area contributed by atoms with Crippen molar-refractivity contribution < 1.29 is 9.90 Å². The minimum absolute atomic E-state index is 0.198. The number of carboxylic acid groups (broad SMARTS) is 1. The van der Waals surface area contributed by atoms with Gasteiger partial charge in [-0.3, -0.25) is 4.79 Å². The molecule has 0 amide bonds. The third kappa shape index (κ3) is 9.39. The summed E-state index contributed by atoms with van der Waals surface area (Å²) in [5.74, 6) is 0.0226. The molecular weight excluding hydrogens is 248 g/mol. The Balaban J connectivity index is 4.46. The summed E-state index contributed by atoms with van der Waals surface area (Å²) >= 11 is 0. The molecule has 0 unspecified atom stereocenters. The average molecular weight is 284 g/mol. The maximum atomic E-state index is 11.5. The summed E-state index contributed by atoms with van der Waals surface area (Å²) in [6, 6.07) is 0. The summed E-state index contributed by atoms with van der Waals surface area (Å²) in [4.78, 5) is 11.5. The zero-order valence-electron chi connectivity index (χ0n) is 14.9. The minimum atomic E-state index is -0.621. The molecule has 2 heteroatoms. The first kappa shape index (κ1) is 19.5. The predicted octanol–water partition coefficient (Wildman–Crippen LogP) is 5.61. The van der Waals surface area contributed by atoms with Gasteiger partial charge >= 0.3 is 5.97 Å². The molecule has 0 aromatic rings. The summed E-state index contributed by atoms with van der Waals surface area (Å²) in [5.41, 5.74) is 0.527. The maximum absolute atomic E-state index is 11.5. The molecule has 3 atom stereocenters. The van der Waals surface area contributed by atoms with Crippen LogP contribution in [0.1, 0.15) is 81.1 Å². The second-order valence-corrected chi connectivity index (χ2v) is 9.13. The van der Waals surface area contributed by atoms with Crippen LogP contribution in [0, 0.1) is 28.6 Å². The van der Waals surface area contributed by atoms with Gasteiger partial charge in [-0.2, -0.15) is 0 Å². The van der Waals surface area contributed by atoms with Crippen LogP contribution < -0.4 is 0 Å². The van der Waals surface area contributed by atoms with Crippen molar-refractivity contribution in [2.24, 2.45) is 28.6 Å². The fourth-order valence-corrected chi connectivity index (χ4v) is 3.37. The van der Waals surface area contributed by atoms with Gasteiger partial charge in [-0.05, 0) is 48.3 Å². The first-order valence-corrected chi connectivity index (χ1v) is 8.04. The van der Waals surface area contributed by atoms with E-state index in [2.05, 4.69) is 55.4 Å². The molecule has 0 saturated heterocycles. The fraction of sp³-hybridized carbons (Fsp3) is 0.944. The molecule has 0 aliphatic heterocycles. The Labute approximate surface area is 126 Å². The molecule has 0 saturated carbocycles. The van der Waals surface area contributed by atoms with Crippen LogP contribution in [0.3, 0.4) is 0 Å². The largest absolute Gasteiger partial charge is 0.481 e. The highest BCUT2D eigenvalue weighted by molar-refractivity contribution is 5.70. The van der Waals surface area contributed by atoms with E-state index in [0.717, 1.165) is 25.7 Å². The molecule has 0 rings (SSSR count). The zero-order chi connectivity index (χ0) is 16.1. The molecule has 0 aromatic carbocycles. The standard InChI is InChI=1S/C18H36O2/c1-13(11-17(3,4)5)9-10-15(16(19)20)14(2)12-18(6,7)8/h13-15H,9-12H2,1-8H3,(H,19,20)/t13-,14-,15-/m1/s1. The Morgan fingerprint density at radius 1 is 0.900 bits per heavy atom. The lowest BCUT2D eigenvalue weighted by molar-refractivity contribution is -0.144. The second-order valence-electron chi connectivity index (χ2n) is 9.13. The van der Waals surface area contributed by atoms with Crippen LogP contribution >= 0.6 is 0 Å². The first-order chi connectivity index (χ1) is 8.82. The Morgan fingerprint density at radius 3 is 1.70 bits per heavy atom. The van der Waals surface area contributed by atoms with E-state index in [1.807, 2.05) is 0 Å². The number of hydrogen-bond donors (Lipinski definition) is 1. The number of carboxylic acids is 1. The van der Waals surface area contributed by atoms with Gasteiger partial charge < -0.3 is 5.11 Å². The van der Waals surface area contributed by atoms with Gasteiger partial charge in [0.15, 0.2) is 0 Å². The van der Waals surface area contributed by atoms with Crippen molar-refractivity contribution in [2.75, 3.05) is 0 Å². The molecule has 120 valence electrons. The average Bonchev–Trinajstić information content (AvgIpc) is 2.10. The van der Waals surface area contributed by atoms with Crippen LogP contribution in [0.5, 0.6) is 0 Å². The minimum Gasteiger partial charge on any atom is -0.481 e. The molecule has 0 aromatic heterocycles. The Hall–Kier alpha value is -0.530. The zero-order valence-corrected chi connectivity index (χ0v) is 14.9. The fourth-order valence-electron chi connectivity index (χ4n) is 3.37. The number of rotatable bonds is 7. The SMILES string of the molecule is C[C@H](CC[C@@H](C(=O)O)[C@H](C)CC(C)(C)C)CC(C)(C)C. The van der Waals surface area contributed by atoms with Crippen LogP contribution in [-0.2, 0) is 4.79 Å². The monoisotopic (exact) mass is 284 g/mol. The lowest BCUT2D eigenvalue weighted by Gasteiger charge is -2.29. The highest BCUT2D eigenvalue weighted by Crippen LogP contribution is 2.33. The van der Waals surface area contributed by atoms with Gasteiger partial charge in [0.25, 0.3) is 0 Å². The molecule has 0 spiro atoms. The Kier molecular flexibility index (Phi) is 7.27. The molecule has 0 fully saturated rings. The molecule has 0 aliphatic carbocycles. The van der Waals surface area contributed by atoms with Crippen molar-refractivity contribution in [1.82, 2.24) is 0 Å². The lowest BCUT2D eigenvalue weighted by atomic mass is 9.76. The van der Waals surface area contributed by atoms with Crippen LogP contribution in [0.25, 0.3) is 0 Å². The van der Waals surface area contributed by atoms with Crippen molar-refractivity contribution in [3.05, 3.63) is 0 Å². The van der Waals surface area contributed by atoms with E-state index in [4.69, 9.17) is 0 Å². The maximum Gasteiger partial charge on any atom is 0.306 e. The van der Waals surface area contributed by atoms with Crippen molar-refractivity contribution in [3.8, 4) is 0 Å². The predicted molar refractivity (Wildman–Crippen MR) is 86.8 cm³/mol. The van der Waals surface area contributed by atoms with E-state index >= 15 is 0 Å². The van der Waals surface area contributed by atoms with Gasteiger partial charge in [0.1, 0.15) is 0 Å². The van der Waals surface area contributed by atoms with Crippen molar-refractivity contribution in [1.29, 1.82) is 0 Å². The van der Waals surface area contributed by atoms with Gasteiger partial charge in [-0.25, -0.2) is 0 Å². The highest BCUT2D eigenvalue weighted by atomic mass is 16.4. The van der Waals surface area contributed by atoms with E-state index in [-0.39, 0.29) is 17.3 Å². The molecule has 1 N–H and O–H groups in total. The van der Waals surface area contributed by atoms with Gasteiger partial charge in [0.05, 0.1) is 5.92 Å². The van der Waals surface area contributed by atoms with Crippen LogP contribution in [0.2, 0.25) is 0 Å². The van der Waals surface area contributed by atoms with Gasteiger partial charge in [-0.15, -0.1) is 0 Å². The Bertz CT molecular complexity index is 294. The number of hydrogen-bond acceptors (Lipinski definition) is 1. The number of carbonyl (C=O) groups is 1.